The minimum Gasteiger partial charge on any atom is -0.329 e. The van der Waals surface area contributed by atoms with Crippen molar-refractivity contribution in [3.63, 3.8) is 0 Å². The molecule has 0 aliphatic rings. The van der Waals surface area contributed by atoms with Crippen LogP contribution in [0.15, 0.2) is 40.9 Å². The predicted molar refractivity (Wildman–Crippen MR) is 86.2 cm³/mol. The number of hydrogen-bond acceptors (Lipinski definition) is 1. The Labute approximate surface area is 133 Å². The van der Waals surface area contributed by atoms with Crippen LogP contribution in [-0.4, -0.2) is 9.55 Å². The molecular weight excluding hydrogens is 367 g/mol. The Morgan fingerprint density at radius 1 is 1.05 bits per heavy atom. The van der Waals surface area contributed by atoms with Gasteiger partial charge in [-0.25, -0.2) is 0 Å². The molecule has 0 aliphatic carbocycles. The zero-order valence-corrected chi connectivity index (χ0v) is 13.4. The quantitative estimate of drug-likeness (QED) is 0.538. The fourth-order valence-corrected chi connectivity index (χ4v) is 3.13. The van der Waals surface area contributed by atoms with Gasteiger partial charge >= 0.3 is 0 Å². The molecule has 0 radical (unpaired) electrons. The molecule has 0 bridgehead atoms. The highest BCUT2D eigenvalue weighted by atomic mass is 79.9. The van der Waals surface area contributed by atoms with Crippen molar-refractivity contribution in [3.05, 3.63) is 55.7 Å². The Kier molecular flexibility index (Phi) is 3.43. The maximum Gasteiger partial charge on any atom is 0.182 e. The summed E-state index contributed by atoms with van der Waals surface area (Å²) < 4.78 is 3.28. The number of fused-ring (bicyclic) bond motifs is 1. The average Bonchev–Trinajstić information content (AvgIpc) is 2.71. The van der Waals surface area contributed by atoms with Gasteiger partial charge in [0.2, 0.25) is 0 Å². The van der Waals surface area contributed by atoms with Crippen LogP contribution in [0.3, 0.4) is 0 Å². The number of H-pyrrole nitrogens is 1. The summed E-state index contributed by atoms with van der Waals surface area (Å²) in [5, 5.41) is 1.27. The number of para-hydroxylation sites is 1. The van der Waals surface area contributed by atoms with Crippen LogP contribution in [-0.2, 0) is 0 Å². The highest BCUT2D eigenvalue weighted by Gasteiger charge is 2.12. The molecule has 2 aromatic carbocycles. The molecule has 0 atom stereocenters. The number of nitrogens with zero attached hydrogens (tertiary/aromatic N) is 1. The highest BCUT2D eigenvalue weighted by molar-refractivity contribution is 9.10. The van der Waals surface area contributed by atoms with Crippen molar-refractivity contribution in [2.24, 2.45) is 0 Å². The van der Waals surface area contributed by atoms with Gasteiger partial charge in [-0.3, -0.25) is 4.57 Å². The highest BCUT2D eigenvalue weighted by Crippen LogP contribution is 2.32. The summed E-state index contributed by atoms with van der Waals surface area (Å²) in [5.41, 5.74) is 2.62. The second kappa shape index (κ2) is 4.94. The van der Waals surface area contributed by atoms with Crippen LogP contribution in [0, 0.1) is 4.77 Å². The van der Waals surface area contributed by atoms with Crippen molar-refractivity contribution in [2.75, 3.05) is 0 Å². The lowest BCUT2D eigenvalue weighted by molar-refractivity contribution is 1.06. The summed E-state index contributed by atoms with van der Waals surface area (Å²) >= 11 is 21.2. The molecule has 0 saturated carbocycles. The number of benzene rings is 2. The predicted octanol–water partition coefficient (Wildman–Crippen LogP) is 5.76. The van der Waals surface area contributed by atoms with Crippen molar-refractivity contribution in [1.82, 2.24) is 9.55 Å². The van der Waals surface area contributed by atoms with E-state index in [2.05, 4.69) is 20.9 Å². The zero-order valence-electron chi connectivity index (χ0n) is 9.45. The Bertz CT molecular complexity index is 838. The van der Waals surface area contributed by atoms with E-state index >= 15 is 0 Å². The SMILES string of the molecule is S=c1[nH]c2c(Cl)cccc2n1-c1cccc(Cl)c1Br. The molecule has 1 N–H and O–H groups in total. The normalized spacial score (nSPS) is 11.1. The first kappa shape index (κ1) is 13.2. The third kappa shape index (κ3) is 2.13. The Morgan fingerprint density at radius 2 is 1.74 bits per heavy atom. The van der Waals surface area contributed by atoms with E-state index < -0.39 is 0 Å². The van der Waals surface area contributed by atoms with Gasteiger partial charge in [0, 0.05) is 0 Å². The summed E-state index contributed by atoms with van der Waals surface area (Å²) in [7, 11) is 0. The molecule has 0 spiro atoms. The fourth-order valence-electron chi connectivity index (χ4n) is 2.00. The second-order valence-electron chi connectivity index (χ2n) is 3.97. The van der Waals surface area contributed by atoms with Gasteiger partial charge < -0.3 is 4.98 Å². The molecule has 19 heavy (non-hydrogen) atoms. The lowest BCUT2D eigenvalue weighted by atomic mass is 10.3. The number of hydrogen-bond donors (Lipinski definition) is 1. The molecule has 6 heteroatoms. The summed E-state index contributed by atoms with van der Waals surface area (Å²) in [5.74, 6) is 0. The lowest BCUT2D eigenvalue weighted by Crippen LogP contribution is -1.95. The van der Waals surface area contributed by atoms with E-state index in [1.54, 1.807) is 0 Å². The van der Waals surface area contributed by atoms with E-state index in [-0.39, 0.29) is 0 Å². The van der Waals surface area contributed by atoms with Crippen LogP contribution in [0.4, 0.5) is 0 Å². The van der Waals surface area contributed by atoms with Crippen molar-refractivity contribution in [1.29, 1.82) is 0 Å². The van der Waals surface area contributed by atoms with Crippen LogP contribution < -0.4 is 0 Å². The molecule has 0 aliphatic heterocycles. The summed E-state index contributed by atoms with van der Waals surface area (Å²) in [6.45, 7) is 0. The fraction of sp³-hybridized carbons (Fsp3) is 0. The van der Waals surface area contributed by atoms with Crippen molar-refractivity contribution in [3.8, 4) is 5.69 Å². The van der Waals surface area contributed by atoms with Gasteiger partial charge in [-0.15, -0.1) is 0 Å². The van der Waals surface area contributed by atoms with Crippen LogP contribution >= 0.6 is 51.3 Å². The van der Waals surface area contributed by atoms with Gasteiger partial charge in [-0.1, -0.05) is 35.3 Å². The first-order valence-electron chi connectivity index (χ1n) is 5.43. The van der Waals surface area contributed by atoms with E-state index in [0.717, 1.165) is 21.2 Å². The number of halogens is 3. The van der Waals surface area contributed by atoms with E-state index in [1.165, 1.54) is 0 Å². The first-order valence-corrected chi connectivity index (χ1v) is 7.39. The van der Waals surface area contributed by atoms with Gasteiger partial charge in [0.15, 0.2) is 4.77 Å². The monoisotopic (exact) mass is 372 g/mol. The first-order chi connectivity index (χ1) is 9.09. The molecule has 1 heterocycles. The molecule has 0 saturated heterocycles. The number of aromatic nitrogens is 2. The van der Waals surface area contributed by atoms with E-state index in [4.69, 9.17) is 35.4 Å². The topological polar surface area (TPSA) is 20.7 Å². The van der Waals surface area contributed by atoms with Crippen LogP contribution in [0.2, 0.25) is 10.0 Å². The van der Waals surface area contributed by atoms with Gasteiger partial charge in [-0.2, -0.15) is 0 Å². The molecule has 0 amide bonds. The van der Waals surface area contributed by atoms with E-state index in [1.807, 2.05) is 41.0 Å². The van der Waals surface area contributed by atoms with Gasteiger partial charge in [0.05, 0.1) is 31.2 Å². The van der Waals surface area contributed by atoms with Crippen molar-refractivity contribution >= 4 is 62.4 Å². The van der Waals surface area contributed by atoms with Crippen molar-refractivity contribution < 1.29 is 0 Å². The average molecular weight is 374 g/mol. The molecule has 96 valence electrons. The number of aromatic amines is 1. The maximum atomic E-state index is 6.17. The third-order valence-electron chi connectivity index (χ3n) is 2.84. The molecule has 0 unspecified atom stereocenters. The summed E-state index contributed by atoms with van der Waals surface area (Å²) in [6, 6.07) is 11.3. The van der Waals surface area contributed by atoms with Gasteiger partial charge in [0.1, 0.15) is 0 Å². The molecule has 1 aromatic heterocycles. The van der Waals surface area contributed by atoms with Crippen LogP contribution in [0.5, 0.6) is 0 Å². The third-order valence-corrected chi connectivity index (χ3v) is 4.82. The molecular formula is C13H7BrCl2N2S. The lowest BCUT2D eigenvalue weighted by Gasteiger charge is -2.08. The molecule has 0 fully saturated rings. The molecule has 3 rings (SSSR count). The molecule has 3 aromatic rings. The van der Waals surface area contributed by atoms with E-state index in [9.17, 15) is 0 Å². The Morgan fingerprint density at radius 3 is 2.53 bits per heavy atom. The maximum absolute atomic E-state index is 6.17. The summed E-state index contributed by atoms with van der Waals surface area (Å²) in [6.07, 6.45) is 0. The minimum atomic E-state index is 0.575. The number of imidazole rings is 1. The zero-order chi connectivity index (χ0) is 13.6. The number of rotatable bonds is 1. The minimum absolute atomic E-state index is 0.575. The standard InChI is InChI=1S/C13H7BrCl2N2S/c14-11-7(15)3-1-5-9(11)18-10-6-2-4-8(16)12(10)17-13(18)19/h1-6H,(H,17,19). The Balaban J connectivity index is 2.44. The molecule has 2 nitrogen and oxygen atoms in total. The van der Waals surface area contributed by atoms with E-state index in [0.29, 0.717) is 14.8 Å². The number of nitrogens with one attached hydrogen (secondary N) is 1. The van der Waals surface area contributed by atoms with Gasteiger partial charge in [-0.05, 0) is 52.4 Å². The Hall–Kier alpha value is -0.810. The smallest absolute Gasteiger partial charge is 0.182 e. The van der Waals surface area contributed by atoms with Crippen LogP contribution in [0.1, 0.15) is 0 Å². The van der Waals surface area contributed by atoms with Crippen molar-refractivity contribution in [2.45, 2.75) is 0 Å². The summed E-state index contributed by atoms with van der Waals surface area (Å²) in [4.78, 5) is 3.12. The van der Waals surface area contributed by atoms with Gasteiger partial charge in [0.25, 0.3) is 0 Å². The van der Waals surface area contributed by atoms with Crippen LogP contribution in [0.25, 0.3) is 16.7 Å². The second-order valence-corrected chi connectivity index (χ2v) is 5.97. The largest absolute Gasteiger partial charge is 0.329 e.